The molecule has 186 valence electrons. The Morgan fingerprint density at radius 2 is 2.06 bits per heavy atom. The van der Waals surface area contributed by atoms with E-state index in [2.05, 4.69) is 33.6 Å². The van der Waals surface area contributed by atoms with E-state index in [1.165, 1.54) is 0 Å². The minimum absolute atomic E-state index is 0.0363. The first-order valence-corrected chi connectivity index (χ1v) is 12.4. The lowest BCUT2D eigenvalue weighted by atomic mass is 10.1. The molecule has 0 bridgehead atoms. The summed E-state index contributed by atoms with van der Waals surface area (Å²) in [6.45, 7) is 7.64. The Kier molecular flexibility index (Phi) is 6.27. The van der Waals surface area contributed by atoms with Gasteiger partial charge in [0.2, 0.25) is 0 Å². The molecule has 2 saturated heterocycles. The molecule has 2 aromatic heterocycles. The molecule has 0 radical (unpaired) electrons. The van der Waals surface area contributed by atoms with Crippen LogP contribution < -0.4 is 11.1 Å². The predicted molar refractivity (Wildman–Crippen MR) is 136 cm³/mol. The van der Waals surface area contributed by atoms with Crippen molar-refractivity contribution in [1.29, 1.82) is 0 Å². The normalized spacial score (nSPS) is 20.8. The van der Waals surface area contributed by atoms with Crippen LogP contribution in [-0.2, 0) is 9.47 Å². The number of nitrogen functional groups attached to an aromatic ring is 1. The van der Waals surface area contributed by atoms with Gasteiger partial charge >= 0.3 is 6.09 Å². The van der Waals surface area contributed by atoms with Crippen molar-refractivity contribution in [3.63, 3.8) is 0 Å². The van der Waals surface area contributed by atoms with Crippen molar-refractivity contribution >= 4 is 28.5 Å². The van der Waals surface area contributed by atoms with Crippen LogP contribution in [0, 0.1) is 0 Å². The summed E-state index contributed by atoms with van der Waals surface area (Å²) >= 11 is 0. The van der Waals surface area contributed by atoms with Gasteiger partial charge in [-0.05, 0) is 58.6 Å². The number of benzene rings is 1. The molecule has 9 nitrogen and oxygen atoms in total. The maximum absolute atomic E-state index is 12.4. The van der Waals surface area contributed by atoms with Crippen molar-refractivity contribution in [2.24, 2.45) is 0 Å². The Hall–Kier alpha value is -3.33. The van der Waals surface area contributed by atoms with Crippen LogP contribution >= 0.6 is 0 Å². The van der Waals surface area contributed by atoms with E-state index >= 15 is 0 Å². The highest BCUT2D eigenvalue weighted by atomic mass is 16.6. The zero-order valence-electron chi connectivity index (χ0n) is 20.7. The van der Waals surface area contributed by atoms with Crippen LogP contribution in [0.2, 0.25) is 0 Å². The maximum atomic E-state index is 12.4. The molecule has 0 saturated carbocycles. The minimum atomic E-state index is -0.505. The lowest BCUT2D eigenvalue weighted by Crippen LogP contribution is -2.36. The number of anilines is 2. The molecular formula is C26H34N6O3. The third-order valence-corrected chi connectivity index (χ3v) is 6.42. The van der Waals surface area contributed by atoms with E-state index in [0.29, 0.717) is 18.9 Å². The first kappa shape index (κ1) is 23.4. The molecule has 9 heteroatoms. The van der Waals surface area contributed by atoms with Crippen LogP contribution in [-0.4, -0.2) is 57.1 Å². The van der Waals surface area contributed by atoms with Crippen LogP contribution in [0.4, 0.5) is 16.3 Å². The number of pyridine rings is 1. The highest BCUT2D eigenvalue weighted by Crippen LogP contribution is 2.33. The summed E-state index contributed by atoms with van der Waals surface area (Å²) < 4.78 is 13.4. The van der Waals surface area contributed by atoms with Crippen LogP contribution in [0.1, 0.15) is 52.7 Å². The molecule has 1 aromatic carbocycles. The van der Waals surface area contributed by atoms with E-state index < -0.39 is 5.60 Å². The fourth-order valence-corrected chi connectivity index (χ4v) is 4.81. The van der Waals surface area contributed by atoms with E-state index in [1.807, 2.05) is 43.8 Å². The Bertz CT molecular complexity index is 1210. The molecule has 5 rings (SSSR count). The molecule has 3 N–H and O–H groups in total. The zero-order valence-corrected chi connectivity index (χ0v) is 20.7. The number of carbonyl (C=O) groups excluding carboxylic acids is 1. The largest absolute Gasteiger partial charge is 0.444 e. The second-order valence-corrected chi connectivity index (χ2v) is 10.4. The van der Waals surface area contributed by atoms with Crippen molar-refractivity contribution in [2.75, 3.05) is 30.7 Å². The summed E-state index contributed by atoms with van der Waals surface area (Å²) in [5, 5.41) is 9.10. The van der Waals surface area contributed by atoms with Crippen LogP contribution in [0.25, 0.3) is 22.2 Å². The second-order valence-electron chi connectivity index (χ2n) is 10.4. The fraction of sp³-hybridized carbons (Fsp3) is 0.500. The Morgan fingerprint density at radius 3 is 2.83 bits per heavy atom. The number of carbonyl (C=O) groups is 1. The van der Waals surface area contributed by atoms with E-state index in [9.17, 15) is 4.79 Å². The second kappa shape index (κ2) is 9.37. The predicted octanol–water partition coefficient (Wildman–Crippen LogP) is 4.80. The summed E-state index contributed by atoms with van der Waals surface area (Å²) in [5.41, 5.74) is 9.43. The lowest BCUT2D eigenvalue weighted by Gasteiger charge is -2.25. The number of hydrogen-bond donors (Lipinski definition) is 2. The molecule has 0 spiro atoms. The van der Waals surface area contributed by atoms with Crippen molar-refractivity contribution in [3.05, 3.63) is 36.5 Å². The summed E-state index contributed by atoms with van der Waals surface area (Å²) in [6, 6.07) is 10.2. The Balaban J connectivity index is 1.36. The SMILES string of the molecule is CC(C)(C)OC(=O)N1CC[C@H](Nc2cc(N)nc3cc(-c4ccnn4C4CCCCO4)ccc23)C1. The Labute approximate surface area is 205 Å². The van der Waals surface area contributed by atoms with E-state index in [1.54, 1.807) is 4.90 Å². The van der Waals surface area contributed by atoms with Gasteiger partial charge in [0.1, 0.15) is 11.4 Å². The average Bonchev–Trinajstić information content (AvgIpc) is 3.48. The molecule has 0 aliphatic carbocycles. The number of hydrogen-bond acceptors (Lipinski definition) is 7. The topological polar surface area (TPSA) is 108 Å². The van der Waals surface area contributed by atoms with Gasteiger partial charge in [-0.1, -0.05) is 12.1 Å². The van der Waals surface area contributed by atoms with Gasteiger partial charge in [-0.3, -0.25) is 0 Å². The van der Waals surface area contributed by atoms with Gasteiger partial charge in [-0.2, -0.15) is 5.10 Å². The monoisotopic (exact) mass is 478 g/mol. The van der Waals surface area contributed by atoms with Crippen LogP contribution in [0.3, 0.4) is 0 Å². The molecule has 1 amide bonds. The number of nitrogens with zero attached hydrogens (tertiary/aromatic N) is 4. The van der Waals surface area contributed by atoms with Gasteiger partial charge < -0.3 is 25.4 Å². The van der Waals surface area contributed by atoms with Gasteiger partial charge in [-0.15, -0.1) is 0 Å². The number of ether oxygens (including phenoxy) is 2. The first-order valence-electron chi connectivity index (χ1n) is 12.4. The molecule has 3 aromatic rings. The summed E-state index contributed by atoms with van der Waals surface area (Å²) in [4.78, 5) is 18.8. The van der Waals surface area contributed by atoms with E-state index in [4.69, 9.17) is 15.2 Å². The van der Waals surface area contributed by atoms with Crippen molar-refractivity contribution in [2.45, 2.75) is 64.3 Å². The van der Waals surface area contributed by atoms with Crippen molar-refractivity contribution in [3.8, 4) is 11.3 Å². The molecule has 4 heterocycles. The van der Waals surface area contributed by atoms with Crippen molar-refractivity contribution in [1.82, 2.24) is 19.7 Å². The summed E-state index contributed by atoms with van der Waals surface area (Å²) in [6.07, 6.45) is 5.54. The number of amides is 1. The summed E-state index contributed by atoms with van der Waals surface area (Å²) in [7, 11) is 0. The van der Waals surface area contributed by atoms with Crippen LogP contribution in [0.5, 0.6) is 0 Å². The molecule has 2 atom stereocenters. The standard InChI is InChI=1S/C26H34N6O3/c1-26(2,3)35-25(33)31-12-10-18(16-31)29-21-15-23(27)30-20-14-17(7-8-19(20)21)22-9-11-28-32(22)24-6-4-5-13-34-24/h7-9,11,14-15,18,24H,4-6,10,12-13,16H2,1-3H3,(H3,27,29,30)/t18-,24?/m0/s1. The van der Waals surface area contributed by atoms with Gasteiger partial charge in [0.25, 0.3) is 0 Å². The molecule has 35 heavy (non-hydrogen) atoms. The first-order chi connectivity index (χ1) is 16.8. The quantitative estimate of drug-likeness (QED) is 0.554. The molecule has 1 unspecified atom stereocenters. The minimum Gasteiger partial charge on any atom is -0.444 e. The highest BCUT2D eigenvalue weighted by Gasteiger charge is 2.30. The Morgan fingerprint density at radius 1 is 1.20 bits per heavy atom. The van der Waals surface area contributed by atoms with E-state index in [0.717, 1.165) is 60.1 Å². The highest BCUT2D eigenvalue weighted by molar-refractivity contribution is 5.95. The number of likely N-dealkylation sites (tertiary alicyclic amines) is 1. The van der Waals surface area contributed by atoms with Gasteiger partial charge in [-0.25, -0.2) is 14.5 Å². The zero-order chi connectivity index (χ0) is 24.6. The molecule has 2 aliphatic heterocycles. The van der Waals surface area contributed by atoms with E-state index in [-0.39, 0.29) is 18.4 Å². The third-order valence-electron chi connectivity index (χ3n) is 6.42. The van der Waals surface area contributed by atoms with Crippen molar-refractivity contribution < 1.29 is 14.3 Å². The van der Waals surface area contributed by atoms with Gasteiger partial charge in [0.15, 0.2) is 6.23 Å². The molecular weight excluding hydrogens is 444 g/mol. The number of nitrogens with two attached hydrogens (primary N) is 1. The maximum Gasteiger partial charge on any atom is 0.410 e. The number of nitrogens with one attached hydrogen (secondary N) is 1. The molecule has 2 fully saturated rings. The average molecular weight is 479 g/mol. The summed E-state index contributed by atoms with van der Waals surface area (Å²) in [5.74, 6) is 0.447. The van der Waals surface area contributed by atoms with Gasteiger partial charge in [0.05, 0.1) is 11.2 Å². The van der Waals surface area contributed by atoms with Gasteiger partial charge in [0, 0.05) is 54.6 Å². The number of rotatable bonds is 4. The third kappa shape index (κ3) is 5.19. The smallest absolute Gasteiger partial charge is 0.410 e. The fourth-order valence-electron chi connectivity index (χ4n) is 4.81. The molecule has 2 aliphatic rings. The van der Waals surface area contributed by atoms with Crippen LogP contribution in [0.15, 0.2) is 36.5 Å². The lowest BCUT2D eigenvalue weighted by molar-refractivity contribution is -0.0383. The number of aromatic nitrogens is 3. The number of fused-ring (bicyclic) bond motifs is 1.